The minimum Gasteiger partial charge on any atom is -0.444 e. The molecule has 1 N–H and O–H groups in total. The molecule has 2 bridgehead atoms. The number of hydrogen-bond donors (Lipinski definition) is 1. The highest BCUT2D eigenvalue weighted by atomic mass is 16.6. The van der Waals surface area contributed by atoms with E-state index in [-0.39, 0.29) is 18.1 Å². The quantitative estimate of drug-likeness (QED) is 0.876. The predicted octanol–water partition coefficient (Wildman–Crippen LogP) is 1.15. The fraction of sp³-hybridized carbons (Fsp3) is 0.706. The van der Waals surface area contributed by atoms with Gasteiger partial charge in [0.2, 0.25) is 5.95 Å². The van der Waals surface area contributed by atoms with Crippen LogP contribution in [0, 0.1) is 17.3 Å². The molecule has 6 rings (SSSR count). The molecule has 1 unspecified atom stereocenters. The van der Waals surface area contributed by atoms with Crippen LogP contribution in [0.4, 0.5) is 10.7 Å². The van der Waals surface area contributed by atoms with E-state index in [0.29, 0.717) is 31.0 Å². The summed E-state index contributed by atoms with van der Waals surface area (Å²) in [6.07, 6.45) is 1.52. The second-order valence-corrected chi connectivity index (χ2v) is 8.48. The molecule has 128 valence electrons. The highest BCUT2D eigenvalue weighted by molar-refractivity contribution is 5.69. The Bertz CT molecular complexity index is 740. The van der Waals surface area contributed by atoms with Gasteiger partial charge in [0.25, 0.3) is 0 Å². The molecule has 2 saturated heterocycles. The number of piperidine rings is 1. The van der Waals surface area contributed by atoms with Crippen molar-refractivity contribution in [1.82, 2.24) is 14.9 Å². The first-order chi connectivity index (χ1) is 11.3. The Morgan fingerprint density at radius 3 is 2.88 bits per heavy atom. The molecule has 2 saturated carbocycles. The predicted molar refractivity (Wildman–Crippen MR) is 85.1 cm³/mol. The van der Waals surface area contributed by atoms with Crippen LogP contribution in [0.5, 0.6) is 0 Å². The second-order valence-electron chi connectivity index (χ2n) is 8.48. The summed E-state index contributed by atoms with van der Waals surface area (Å²) in [6.45, 7) is 7.79. The number of carbonyl (C=O) groups is 1. The Morgan fingerprint density at radius 2 is 2.25 bits per heavy atom. The highest BCUT2D eigenvalue weighted by Gasteiger charge is 2.92. The zero-order valence-electron chi connectivity index (χ0n) is 14.2. The first-order valence-electron chi connectivity index (χ1n) is 8.55. The normalized spacial score (nSPS) is 34.9. The van der Waals surface area contributed by atoms with Gasteiger partial charge in [-0.05, 0) is 32.6 Å². The number of hydrogen-bond acceptors (Lipinski definition) is 6. The van der Waals surface area contributed by atoms with E-state index < -0.39 is 5.60 Å². The third-order valence-electron chi connectivity index (χ3n) is 5.97. The zero-order chi connectivity index (χ0) is 16.9. The molecule has 0 radical (unpaired) electrons. The van der Waals surface area contributed by atoms with Gasteiger partial charge in [0.15, 0.2) is 0 Å². The van der Waals surface area contributed by atoms with Gasteiger partial charge in [-0.15, -0.1) is 0 Å². The number of ether oxygens (including phenoxy) is 1. The van der Waals surface area contributed by atoms with Crippen molar-refractivity contribution < 1.29 is 14.6 Å². The lowest BCUT2D eigenvalue weighted by molar-refractivity contribution is 0.0240. The summed E-state index contributed by atoms with van der Waals surface area (Å²) in [5.41, 5.74) is 1.55. The molecule has 7 nitrogen and oxygen atoms in total. The highest BCUT2D eigenvalue weighted by Crippen LogP contribution is 2.85. The van der Waals surface area contributed by atoms with E-state index in [1.807, 2.05) is 27.0 Å². The summed E-state index contributed by atoms with van der Waals surface area (Å²) in [7, 11) is 0. The largest absolute Gasteiger partial charge is 0.444 e. The van der Waals surface area contributed by atoms with E-state index >= 15 is 0 Å². The minimum absolute atomic E-state index is 0.158. The van der Waals surface area contributed by atoms with E-state index in [4.69, 9.17) is 9.72 Å². The summed E-state index contributed by atoms with van der Waals surface area (Å²) < 4.78 is 5.44. The average Bonchev–Trinajstić information content (AvgIpc) is 3.07. The molecule has 0 aromatic carbocycles. The van der Waals surface area contributed by atoms with Crippen LogP contribution in [0.2, 0.25) is 0 Å². The molecule has 4 fully saturated rings. The van der Waals surface area contributed by atoms with Crippen molar-refractivity contribution in [3.8, 4) is 0 Å². The van der Waals surface area contributed by atoms with Crippen LogP contribution >= 0.6 is 0 Å². The molecular weight excluding hydrogens is 308 g/mol. The van der Waals surface area contributed by atoms with Crippen LogP contribution in [0.3, 0.4) is 0 Å². The van der Waals surface area contributed by atoms with Gasteiger partial charge in [0.1, 0.15) is 5.60 Å². The van der Waals surface area contributed by atoms with E-state index in [1.165, 1.54) is 0 Å². The molecule has 3 aliphatic heterocycles. The van der Waals surface area contributed by atoms with Crippen LogP contribution in [0.25, 0.3) is 0 Å². The Balaban J connectivity index is 1.31. The number of aliphatic hydroxyl groups excluding tert-OH is 1. The van der Waals surface area contributed by atoms with Crippen LogP contribution < -0.4 is 4.90 Å². The maximum Gasteiger partial charge on any atom is 0.410 e. The first kappa shape index (κ1) is 14.5. The Hall–Kier alpha value is -1.89. The fourth-order valence-electron chi connectivity index (χ4n) is 4.71. The molecule has 4 heterocycles. The SMILES string of the molecule is CC(C)(C)OC(=O)N1Cc2cnc(N3C[C@@H]4[C@@H]5C3[C@@]45CO)nc2C1. The van der Waals surface area contributed by atoms with Crippen molar-refractivity contribution in [2.75, 3.05) is 18.1 Å². The average molecular weight is 330 g/mol. The fourth-order valence-corrected chi connectivity index (χ4v) is 4.71. The molecule has 1 aromatic heterocycles. The van der Waals surface area contributed by atoms with Gasteiger partial charge in [-0.3, -0.25) is 4.90 Å². The molecule has 1 aromatic rings. The van der Waals surface area contributed by atoms with Gasteiger partial charge in [-0.1, -0.05) is 0 Å². The van der Waals surface area contributed by atoms with E-state index in [1.54, 1.807) is 4.90 Å². The van der Waals surface area contributed by atoms with Gasteiger partial charge in [-0.2, -0.15) is 0 Å². The summed E-state index contributed by atoms with van der Waals surface area (Å²) in [5, 5.41) is 9.57. The van der Waals surface area contributed by atoms with Crippen LogP contribution in [0.1, 0.15) is 32.0 Å². The van der Waals surface area contributed by atoms with E-state index in [9.17, 15) is 9.90 Å². The molecule has 0 spiro atoms. The molecule has 5 aliphatic rings. The smallest absolute Gasteiger partial charge is 0.410 e. The van der Waals surface area contributed by atoms with E-state index in [2.05, 4.69) is 9.88 Å². The molecule has 7 heteroatoms. The van der Waals surface area contributed by atoms with Crippen molar-refractivity contribution >= 4 is 12.0 Å². The number of rotatable bonds is 2. The number of aliphatic hydroxyl groups is 1. The number of anilines is 1. The monoisotopic (exact) mass is 330 g/mol. The third-order valence-corrected chi connectivity index (χ3v) is 5.97. The van der Waals surface area contributed by atoms with Crippen molar-refractivity contribution in [1.29, 1.82) is 0 Å². The van der Waals surface area contributed by atoms with Gasteiger partial charge < -0.3 is 14.7 Å². The van der Waals surface area contributed by atoms with Crippen molar-refractivity contribution in [2.45, 2.75) is 45.5 Å². The number of fused-ring (bicyclic) bond motifs is 2. The Morgan fingerprint density at radius 1 is 1.46 bits per heavy atom. The molecule has 2 aliphatic carbocycles. The standard InChI is InChI=1S/C17H22N4O3/c1-16(2,3)24-15(23)20-5-9-4-18-14(19-11(9)7-20)21-6-10-12-13(21)17(10,12)8-22/h4,10,12-13,22H,5-8H2,1-3H3/t10-,12-,13?,17+/m1/s1. The Labute approximate surface area is 140 Å². The van der Waals surface area contributed by atoms with Crippen molar-refractivity contribution in [3.05, 3.63) is 17.5 Å². The lowest BCUT2D eigenvalue weighted by Gasteiger charge is -2.23. The lowest BCUT2D eigenvalue weighted by Crippen LogP contribution is -2.33. The number of carbonyl (C=O) groups excluding carboxylic acids is 1. The summed E-state index contributed by atoms with van der Waals surface area (Å²) in [4.78, 5) is 25.3. The third kappa shape index (κ3) is 1.73. The second kappa shape index (κ2) is 4.20. The van der Waals surface area contributed by atoms with Gasteiger partial charge in [0.05, 0.1) is 25.4 Å². The maximum atomic E-state index is 12.2. The number of nitrogens with zero attached hydrogens (tertiary/aromatic N) is 4. The van der Waals surface area contributed by atoms with E-state index in [0.717, 1.165) is 23.8 Å². The van der Waals surface area contributed by atoms with Gasteiger partial charge >= 0.3 is 6.09 Å². The summed E-state index contributed by atoms with van der Waals surface area (Å²) in [5.74, 6) is 2.02. The van der Waals surface area contributed by atoms with Gasteiger partial charge in [-0.25, -0.2) is 14.8 Å². The summed E-state index contributed by atoms with van der Waals surface area (Å²) in [6, 6.07) is 0.425. The molecular formula is C17H22N4O3. The molecule has 24 heavy (non-hydrogen) atoms. The summed E-state index contributed by atoms with van der Waals surface area (Å²) >= 11 is 0. The topological polar surface area (TPSA) is 78.8 Å². The van der Waals surface area contributed by atoms with Gasteiger partial charge in [0, 0.05) is 29.8 Å². The van der Waals surface area contributed by atoms with Crippen LogP contribution in [-0.4, -0.2) is 50.9 Å². The zero-order valence-corrected chi connectivity index (χ0v) is 14.2. The Kier molecular flexibility index (Phi) is 2.53. The number of aromatic nitrogens is 2. The first-order valence-corrected chi connectivity index (χ1v) is 8.55. The molecule has 1 amide bonds. The molecule has 4 atom stereocenters. The van der Waals surface area contributed by atoms with Crippen LogP contribution in [0.15, 0.2) is 6.20 Å². The lowest BCUT2D eigenvalue weighted by atomic mass is 10.1. The maximum absolute atomic E-state index is 12.2. The minimum atomic E-state index is -0.499. The van der Waals surface area contributed by atoms with Crippen LogP contribution in [-0.2, 0) is 17.8 Å². The van der Waals surface area contributed by atoms with Crippen molar-refractivity contribution in [3.63, 3.8) is 0 Å². The van der Waals surface area contributed by atoms with Crippen molar-refractivity contribution in [2.24, 2.45) is 17.3 Å². The number of amides is 1.